The summed E-state index contributed by atoms with van der Waals surface area (Å²) in [6.45, 7) is 1.49. The van der Waals surface area contributed by atoms with Crippen LogP contribution in [0.2, 0.25) is 0 Å². The third-order valence-electron chi connectivity index (χ3n) is 4.34. The van der Waals surface area contributed by atoms with Gasteiger partial charge >= 0.3 is 0 Å². The standard InChI is InChI=1S/C16H22O2/c17-16(7-2-9-18-10-8-16)12-13-5-6-14-3-1-4-15(14)11-13/h5-6,11,17H,1-4,7-10,12H2. The zero-order chi connectivity index (χ0) is 12.4. The van der Waals surface area contributed by atoms with Crippen LogP contribution in [0.3, 0.4) is 0 Å². The number of aliphatic hydroxyl groups is 1. The average molecular weight is 246 g/mol. The highest BCUT2D eigenvalue weighted by atomic mass is 16.5. The van der Waals surface area contributed by atoms with Crippen molar-refractivity contribution in [3.8, 4) is 0 Å². The molecule has 3 rings (SSSR count). The van der Waals surface area contributed by atoms with Crippen LogP contribution in [0.5, 0.6) is 0 Å². The van der Waals surface area contributed by atoms with Gasteiger partial charge in [0.25, 0.3) is 0 Å². The van der Waals surface area contributed by atoms with E-state index < -0.39 is 5.60 Å². The maximum Gasteiger partial charge on any atom is 0.0710 e. The van der Waals surface area contributed by atoms with Gasteiger partial charge in [-0.1, -0.05) is 18.2 Å². The van der Waals surface area contributed by atoms with Crippen molar-refractivity contribution in [1.29, 1.82) is 0 Å². The second-order valence-corrected chi connectivity index (χ2v) is 5.82. The van der Waals surface area contributed by atoms with Crippen LogP contribution in [0.4, 0.5) is 0 Å². The topological polar surface area (TPSA) is 29.5 Å². The van der Waals surface area contributed by atoms with Crippen molar-refractivity contribution < 1.29 is 9.84 Å². The molecular formula is C16H22O2. The fourth-order valence-corrected chi connectivity index (χ4v) is 3.28. The second-order valence-electron chi connectivity index (χ2n) is 5.82. The minimum Gasteiger partial charge on any atom is -0.389 e. The predicted molar refractivity (Wildman–Crippen MR) is 71.8 cm³/mol. The molecule has 0 bridgehead atoms. The summed E-state index contributed by atoms with van der Waals surface area (Å²) < 4.78 is 5.44. The molecule has 1 aliphatic heterocycles. The lowest BCUT2D eigenvalue weighted by Crippen LogP contribution is -2.31. The second kappa shape index (κ2) is 5.02. The predicted octanol–water partition coefficient (Wildman–Crippen LogP) is 2.65. The quantitative estimate of drug-likeness (QED) is 0.869. The van der Waals surface area contributed by atoms with Crippen molar-refractivity contribution in [1.82, 2.24) is 0 Å². The molecule has 1 heterocycles. The Labute approximate surface area is 109 Å². The lowest BCUT2D eigenvalue weighted by atomic mass is 9.87. The monoisotopic (exact) mass is 246 g/mol. The van der Waals surface area contributed by atoms with E-state index in [0.29, 0.717) is 6.61 Å². The molecule has 0 spiro atoms. The highest BCUT2D eigenvalue weighted by Gasteiger charge is 2.28. The Balaban J connectivity index is 1.75. The van der Waals surface area contributed by atoms with Crippen molar-refractivity contribution in [2.75, 3.05) is 13.2 Å². The summed E-state index contributed by atoms with van der Waals surface area (Å²) in [6.07, 6.45) is 7.12. The van der Waals surface area contributed by atoms with Gasteiger partial charge in [-0.2, -0.15) is 0 Å². The molecule has 1 aliphatic carbocycles. The van der Waals surface area contributed by atoms with Gasteiger partial charge in [0.1, 0.15) is 0 Å². The summed E-state index contributed by atoms with van der Waals surface area (Å²) in [6, 6.07) is 6.77. The van der Waals surface area contributed by atoms with E-state index in [2.05, 4.69) is 18.2 Å². The first-order valence-electron chi connectivity index (χ1n) is 7.16. The van der Waals surface area contributed by atoms with Gasteiger partial charge in [0.2, 0.25) is 0 Å². The first-order valence-corrected chi connectivity index (χ1v) is 7.16. The van der Waals surface area contributed by atoms with Crippen molar-refractivity contribution in [2.24, 2.45) is 0 Å². The molecule has 0 amide bonds. The third kappa shape index (κ3) is 2.60. The van der Waals surface area contributed by atoms with Gasteiger partial charge in [0, 0.05) is 19.6 Å². The van der Waals surface area contributed by atoms with E-state index in [1.54, 1.807) is 0 Å². The Morgan fingerprint density at radius 1 is 1.06 bits per heavy atom. The molecule has 0 aromatic heterocycles. The molecular weight excluding hydrogens is 224 g/mol. The Morgan fingerprint density at radius 3 is 2.89 bits per heavy atom. The van der Waals surface area contributed by atoms with E-state index in [1.165, 1.54) is 36.0 Å². The van der Waals surface area contributed by atoms with Crippen LogP contribution >= 0.6 is 0 Å². The summed E-state index contributed by atoms with van der Waals surface area (Å²) >= 11 is 0. The SMILES string of the molecule is OC1(Cc2ccc3c(c2)CCC3)CCCOCC1. The first kappa shape index (κ1) is 12.2. The normalized spacial score (nSPS) is 27.8. The van der Waals surface area contributed by atoms with Gasteiger partial charge in [0.05, 0.1) is 5.60 Å². The van der Waals surface area contributed by atoms with Gasteiger partial charge < -0.3 is 9.84 Å². The number of fused-ring (bicyclic) bond motifs is 1. The van der Waals surface area contributed by atoms with Crippen LogP contribution in [0.1, 0.15) is 42.4 Å². The van der Waals surface area contributed by atoms with Gasteiger partial charge in [-0.3, -0.25) is 0 Å². The van der Waals surface area contributed by atoms with E-state index in [-0.39, 0.29) is 0 Å². The minimum absolute atomic E-state index is 0.552. The Hall–Kier alpha value is -0.860. The summed E-state index contributed by atoms with van der Waals surface area (Å²) in [5, 5.41) is 10.7. The number of aryl methyl sites for hydroxylation is 2. The fourth-order valence-electron chi connectivity index (χ4n) is 3.28. The van der Waals surface area contributed by atoms with Crippen molar-refractivity contribution in [2.45, 2.75) is 50.5 Å². The summed E-state index contributed by atoms with van der Waals surface area (Å²) in [4.78, 5) is 0. The molecule has 1 aromatic carbocycles. The van der Waals surface area contributed by atoms with Crippen LogP contribution in [-0.2, 0) is 24.0 Å². The molecule has 1 atom stereocenters. The molecule has 1 unspecified atom stereocenters. The van der Waals surface area contributed by atoms with E-state index in [9.17, 15) is 5.11 Å². The van der Waals surface area contributed by atoms with Crippen LogP contribution in [0.25, 0.3) is 0 Å². The zero-order valence-corrected chi connectivity index (χ0v) is 11.0. The van der Waals surface area contributed by atoms with Crippen molar-refractivity contribution in [3.05, 3.63) is 34.9 Å². The summed E-state index contributed by atoms with van der Waals surface area (Å²) in [7, 11) is 0. The zero-order valence-electron chi connectivity index (χ0n) is 11.0. The molecule has 18 heavy (non-hydrogen) atoms. The Morgan fingerprint density at radius 2 is 1.94 bits per heavy atom. The van der Waals surface area contributed by atoms with Crippen molar-refractivity contribution >= 4 is 0 Å². The highest BCUT2D eigenvalue weighted by molar-refractivity contribution is 5.35. The van der Waals surface area contributed by atoms with Crippen LogP contribution in [0.15, 0.2) is 18.2 Å². The van der Waals surface area contributed by atoms with E-state index in [4.69, 9.17) is 4.74 Å². The average Bonchev–Trinajstić information content (AvgIpc) is 2.71. The van der Waals surface area contributed by atoms with Gasteiger partial charge in [-0.15, -0.1) is 0 Å². The summed E-state index contributed by atoms with van der Waals surface area (Å²) in [5.41, 5.74) is 3.75. The molecule has 1 saturated heterocycles. The maximum atomic E-state index is 10.7. The first-order chi connectivity index (χ1) is 8.75. The van der Waals surface area contributed by atoms with E-state index >= 15 is 0 Å². The third-order valence-corrected chi connectivity index (χ3v) is 4.34. The number of rotatable bonds is 2. The van der Waals surface area contributed by atoms with E-state index in [0.717, 1.165) is 32.3 Å². The van der Waals surface area contributed by atoms with Gasteiger partial charge in [0.15, 0.2) is 0 Å². The van der Waals surface area contributed by atoms with Crippen LogP contribution in [0, 0.1) is 0 Å². The molecule has 2 nitrogen and oxygen atoms in total. The highest BCUT2D eigenvalue weighted by Crippen LogP contribution is 2.28. The van der Waals surface area contributed by atoms with E-state index in [1.807, 2.05) is 0 Å². The van der Waals surface area contributed by atoms with Crippen LogP contribution < -0.4 is 0 Å². The minimum atomic E-state index is -0.552. The van der Waals surface area contributed by atoms with Gasteiger partial charge in [-0.05, 0) is 55.2 Å². The lowest BCUT2D eigenvalue weighted by molar-refractivity contribution is 0.0188. The molecule has 0 saturated carbocycles. The fraction of sp³-hybridized carbons (Fsp3) is 0.625. The molecule has 1 aromatic rings. The number of hydrogen-bond donors (Lipinski definition) is 1. The molecule has 98 valence electrons. The largest absolute Gasteiger partial charge is 0.389 e. The Kier molecular flexibility index (Phi) is 3.40. The number of ether oxygens (including phenoxy) is 1. The number of hydrogen-bond acceptors (Lipinski definition) is 2. The van der Waals surface area contributed by atoms with Crippen LogP contribution in [-0.4, -0.2) is 23.9 Å². The smallest absolute Gasteiger partial charge is 0.0710 e. The summed E-state index contributed by atoms with van der Waals surface area (Å²) in [5.74, 6) is 0. The molecule has 2 aliphatic rings. The number of benzene rings is 1. The molecule has 1 N–H and O–H groups in total. The molecule has 2 heteroatoms. The maximum absolute atomic E-state index is 10.7. The molecule has 0 radical (unpaired) electrons. The Bertz CT molecular complexity index is 417. The van der Waals surface area contributed by atoms with Gasteiger partial charge in [-0.25, -0.2) is 0 Å². The molecule has 1 fully saturated rings. The van der Waals surface area contributed by atoms with Crippen molar-refractivity contribution in [3.63, 3.8) is 0 Å². The lowest BCUT2D eigenvalue weighted by Gasteiger charge is -2.26.